The van der Waals surface area contributed by atoms with E-state index in [0.29, 0.717) is 5.82 Å². The number of piperidine rings is 1. The van der Waals surface area contributed by atoms with Gasteiger partial charge in [-0.05, 0) is 45.0 Å². The Kier molecular flexibility index (Phi) is 4.25. The summed E-state index contributed by atoms with van der Waals surface area (Å²) in [7, 11) is 0. The molecular weight excluding hydrogens is 233 g/mol. The SMILES string of the molecule is CC(C(=O)Nc1ccc(F)cn1)N1CCCCC1. The van der Waals surface area contributed by atoms with Crippen molar-refractivity contribution in [2.75, 3.05) is 18.4 Å². The number of carbonyl (C=O) groups excluding carboxylic acids is 1. The van der Waals surface area contributed by atoms with Gasteiger partial charge in [-0.3, -0.25) is 9.69 Å². The standard InChI is InChI=1S/C13H18FN3O/c1-10(17-7-3-2-4-8-17)13(18)16-12-6-5-11(14)9-15-12/h5-6,9-10H,2-4,7-8H2,1H3,(H,15,16,18). The number of anilines is 1. The predicted molar refractivity (Wildman–Crippen MR) is 67.7 cm³/mol. The Labute approximate surface area is 106 Å². The first kappa shape index (κ1) is 13.0. The molecule has 1 N–H and O–H groups in total. The molecule has 1 aromatic rings. The second kappa shape index (κ2) is 5.91. The third kappa shape index (κ3) is 3.26. The van der Waals surface area contributed by atoms with Crippen LogP contribution in [0.15, 0.2) is 18.3 Å². The van der Waals surface area contributed by atoms with Crippen LogP contribution in [-0.2, 0) is 4.79 Å². The van der Waals surface area contributed by atoms with E-state index >= 15 is 0 Å². The van der Waals surface area contributed by atoms with Crippen molar-refractivity contribution in [2.24, 2.45) is 0 Å². The molecule has 5 heteroatoms. The lowest BCUT2D eigenvalue weighted by molar-refractivity contribution is -0.121. The highest BCUT2D eigenvalue weighted by atomic mass is 19.1. The van der Waals surface area contributed by atoms with Crippen LogP contribution in [0.25, 0.3) is 0 Å². The lowest BCUT2D eigenvalue weighted by Gasteiger charge is -2.31. The molecule has 1 aliphatic heterocycles. The van der Waals surface area contributed by atoms with Crippen LogP contribution in [0.2, 0.25) is 0 Å². The van der Waals surface area contributed by atoms with Crippen LogP contribution in [0, 0.1) is 5.82 Å². The monoisotopic (exact) mass is 251 g/mol. The molecule has 0 radical (unpaired) electrons. The van der Waals surface area contributed by atoms with Crippen molar-refractivity contribution in [1.29, 1.82) is 0 Å². The zero-order valence-corrected chi connectivity index (χ0v) is 10.5. The Morgan fingerprint density at radius 1 is 1.39 bits per heavy atom. The van der Waals surface area contributed by atoms with E-state index in [9.17, 15) is 9.18 Å². The van der Waals surface area contributed by atoms with Gasteiger partial charge in [-0.25, -0.2) is 9.37 Å². The molecule has 1 fully saturated rings. The molecule has 0 spiro atoms. The molecule has 0 aliphatic carbocycles. The minimum Gasteiger partial charge on any atom is -0.309 e. The second-order valence-corrected chi connectivity index (χ2v) is 4.62. The molecule has 98 valence electrons. The number of hydrogen-bond donors (Lipinski definition) is 1. The minimum absolute atomic E-state index is 0.0870. The molecule has 0 aromatic carbocycles. The Hall–Kier alpha value is -1.49. The van der Waals surface area contributed by atoms with Gasteiger partial charge < -0.3 is 5.32 Å². The van der Waals surface area contributed by atoms with Crippen LogP contribution in [-0.4, -0.2) is 34.9 Å². The molecule has 1 aliphatic rings. The third-order valence-corrected chi connectivity index (χ3v) is 3.30. The number of amides is 1. The first-order valence-electron chi connectivity index (χ1n) is 6.33. The first-order chi connectivity index (χ1) is 8.66. The van der Waals surface area contributed by atoms with E-state index in [0.717, 1.165) is 32.1 Å². The van der Waals surface area contributed by atoms with Crippen molar-refractivity contribution in [2.45, 2.75) is 32.2 Å². The molecule has 2 rings (SSSR count). The third-order valence-electron chi connectivity index (χ3n) is 3.30. The molecule has 1 aromatic heterocycles. The van der Waals surface area contributed by atoms with Crippen LogP contribution < -0.4 is 5.32 Å². The number of aromatic nitrogens is 1. The van der Waals surface area contributed by atoms with Crippen LogP contribution >= 0.6 is 0 Å². The van der Waals surface area contributed by atoms with Gasteiger partial charge in [0, 0.05) is 0 Å². The Morgan fingerprint density at radius 2 is 2.11 bits per heavy atom. The van der Waals surface area contributed by atoms with Crippen LogP contribution in [0.3, 0.4) is 0 Å². The molecule has 1 unspecified atom stereocenters. The summed E-state index contributed by atoms with van der Waals surface area (Å²) >= 11 is 0. The van der Waals surface area contributed by atoms with Crippen LogP contribution in [0.5, 0.6) is 0 Å². The summed E-state index contributed by atoms with van der Waals surface area (Å²) in [5.41, 5.74) is 0. The van der Waals surface area contributed by atoms with Crippen molar-refractivity contribution in [1.82, 2.24) is 9.88 Å². The normalized spacial score (nSPS) is 18.3. The van der Waals surface area contributed by atoms with Gasteiger partial charge in [-0.1, -0.05) is 6.42 Å². The lowest BCUT2D eigenvalue weighted by Crippen LogP contribution is -2.44. The number of nitrogens with one attached hydrogen (secondary N) is 1. The van der Waals surface area contributed by atoms with Gasteiger partial charge in [0.1, 0.15) is 11.6 Å². The summed E-state index contributed by atoms with van der Waals surface area (Å²) in [4.78, 5) is 18.0. The number of pyridine rings is 1. The number of hydrogen-bond acceptors (Lipinski definition) is 3. The fourth-order valence-electron chi connectivity index (χ4n) is 2.15. The summed E-state index contributed by atoms with van der Waals surface area (Å²) < 4.78 is 12.7. The number of rotatable bonds is 3. The molecule has 1 saturated heterocycles. The molecule has 4 nitrogen and oxygen atoms in total. The zero-order chi connectivity index (χ0) is 13.0. The van der Waals surface area contributed by atoms with Gasteiger partial charge in [0.2, 0.25) is 5.91 Å². The highest BCUT2D eigenvalue weighted by Crippen LogP contribution is 2.13. The zero-order valence-electron chi connectivity index (χ0n) is 10.5. The van der Waals surface area contributed by atoms with Crippen molar-refractivity contribution in [3.05, 3.63) is 24.1 Å². The lowest BCUT2D eigenvalue weighted by atomic mass is 10.1. The molecular formula is C13H18FN3O. The number of halogens is 1. The maximum atomic E-state index is 12.7. The fourth-order valence-corrected chi connectivity index (χ4v) is 2.15. The number of likely N-dealkylation sites (tertiary alicyclic amines) is 1. The summed E-state index contributed by atoms with van der Waals surface area (Å²) in [6, 6.07) is 2.58. The highest BCUT2D eigenvalue weighted by Gasteiger charge is 2.22. The Balaban J connectivity index is 1.92. The number of carbonyl (C=O) groups is 1. The molecule has 0 bridgehead atoms. The van der Waals surface area contributed by atoms with E-state index in [1.165, 1.54) is 18.6 Å². The van der Waals surface area contributed by atoms with Crippen LogP contribution in [0.1, 0.15) is 26.2 Å². The summed E-state index contributed by atoms with van der Waals surface area (Å²) in [5.74, 6) is -0.0988. The minimum atomic E-state index is -0.405. The topological polar surface area (TPSA) is 45.2 Å². The van der Waals surface area contributed by atoms with E-state index in [4.69, 9.17) is 0 Å². The van der Waals surface area contributed by atoms with Gasteiger partial charge in [-0.2, -0.15) is 0 Å². The molecule has 0 saturated carbocycles. The summed E-state index contributed by atoms with van der Waals surface area (Å²) in [6.45, 7) is 3.82. The average Bonchev–Trinajstić information content (AvgIpc) is 2.41. The van der Waals surface area contributed by atoms with Gasteiger partial charge in [-0.15, -0.1) is 0 Å². The van der Waals surface area contributed by atoms with Crippen molar-refractivity contribution < 1.29 is 9.18 Å². The van der Waals surface area contributed by atoms with Crippen LogP contribution in [0.4, 0.5) is 10.2 Å². The predicted octanol–water partition coefficient (Wildman–Crippen LogP) is 2.03. The van der Waals surface area contributed by atoms with Gasteiger partial charge in [0.05, 0.1) is 12.2 Å². The van der Waals surface area contributed by atoms with E-state index in [-0.39, 0.29) is 11.9 Å². The molecule has 1 amide bonds. The smallest absolute Gasteiger partial charge is 0.242 e. The summed E-state index contributed by atoms with van der Waals surface area (Å²) in [6.07, 6.45) is 4.63. The molecule has 2 heterocycles. The van der Waals surface area contributed by atoms with Crippen molar-refractivity contribution >= 4 is 11.7 Å². The van der Waals surface area contributed by atoms with E-state index in [1.807, 2.05) is 6.92 Å². The molecule has 1 atom stereocenters. The number of nitrogens with zero attached hydrogens (tertiary/aromatic N) is 2. The van der Waals surface area contributed by atoms with Gasteiger partial charge in [0.15, 0.2) is 0 Å². The van der Waals surface area contributed by atoms with E-state index in [2.05, 4.69) is 15.2 Å². The Morgan fingerprint density at radius 3 is 2.72 bits per heavy atom. The first-order valence-corrected chi connectivity index (χ1v) is 6.33. The molecule has 18 heavy (non-hydrogen) atoms. The maximum absolute atomic E-state index is 12.7. The highest BCUT2D eigenvalue weighted by molar-refractivity contribution is 5.93. The van der Waals surface area contributed by atoms with Gasteiger partial charge >= 0.3 is 0 Å². The average molecular weight is 251 g/mol. The van der Waals surface area contributed by atoms with Gasteiger partial charge in [0.25, 0.3) is 0 Å². The fraction of sp³-hybridized carbons (Fsp3) is 0.538. The quantitative estimate of drug-likeness (QED) is 0.894. The second-order valence-electron chi connectivity index (χ2n) is 4.62. The van der Waals surface area contributed by atoms with Crippen molar-refractivity contribution in [3.8, 4) is 0 Å². The van der Waals surface area contributed by atoms with E-state index < -0.39 is 5.82 Å². The Bertz CT molecular complexity index is 401. The largest absolute Gasteiger partial charge is 0.309 e. The maximum Gasteiger partial charge on any atom is 0.242 e. The van der Waals surface area contributed by atoms with Crippen molar-refractivity contribution in [3.63, 3.8) is 0 Å². The van der Waals surface area contributed by atoms with E-state index in [1.54, 1.807) is 0 Å². The summed E-state index contributed by atoms with van der Waals surface area (Å²) in [5, 5.41) is 2.71.